The number of hydrogen-bond donors (Lipinski definition) is 1. The van der Waals surface area contributed by atoms with Crippen molar-refractivity contribution in [3.8, 4) is 11.1 Å². The van der Waals surface area contributed by atoms with Crippen LogP contribution in [0.5, 0.6) is 0 Å². The highest BCUT2D eigenvalue weighted by Gasteiger charge is 2.30. The van der Waals surface area contributed by atoms with Gasteiger partial charge in [0.15, 0.2) is 5.65 Å². The lowest BCUT2D eigenvalue weighted by atomic mass is 9.93. The van der Waals surface area contributed by atoms with E-state index in [0.717, 1.165) is 46.1 Å². The van der Waals surface area contributed by atoms with Crippen LogP contribution in [0, 0.1) is 6.92 Å². The second kappa shape index (κ2) is 7.28. The Balaban J connectivity index is 1.63. The number of anilines is 1. The van der Waals surface area contributed by atoms with Gasteiger partial charge in [-0.1, -0.05) is 18.2 Å². The van der Waals surface area contributed by atoms with E-state index >= 15 is 0 Å². The highest BCUT2D eigenvalue weighted by atomic mass is 32.2. The summed E-state index contributed by atoms with van der Waals surface area (Å²) in [4.78, 5) is 9.53. The van der Waals surface area contributed by atoms with Gasteiger partial charge in [0.25, 0.3) is 0 Å². The summed E-state index contributed by atoms with van der Waals surface area (Å²) >= 11 is 0. The summed E-state index contributed by atoms with van der Waals surface area (Å²) in [6.45, 7) is 2.89. The molecule has 31 heavy (non-hydrogen) atoms. The Kier molecular flexibility index (Phi) is 4.67. The average Bonchev–Trinajstić information content (AvgIpc) is 3.19. The number of para-hydroxylation sites is 1. The first-order valence-corrected chi connectivity index (χ1v) is 12.1. The predicted octanol–water partition coefficient (Wildman–Crippen LogP) is 2.97. The smallest absolute Gasteiger partial charge is 0.211 e. The van der Waals surface area contributed by atoms with E-state index in [2.05, 4.69) is 16.1 Å². The van der Waals surface area contributed by atoms with E-state index in [1.807, 2.05) is 37.4 Å². The quantitative estimate of drug-likeness (QED) is 0.529. The van der Waals surface area contributed by atoms with Crippen molar-refractivity contribution in [1.82, 2.24) is 23.9 Å². The van der Waals surface area contributed by atoms with Gasteiger partial charge in [0, 0.05) is 47.3 Å². The number of pyridine rings is 1. The Morgan fingerprint density at radius 3 is 2.81 bits per heavy atom. The maximum atomic E-state index is 12.1. The summed E-state index contributed by atoms with van der Waals surface area (Å²) in [5, 5.41) is 5.51. The second-order valence-corrected chi connectivity index (χ2v) is 10.2. The molecule has 1 aromatic carbocycles. The largest absolute Gasteiger partial charge is 0.383 e. The van der Waals surface area contributed by atoms with Crippen molar-refractivity contribution in [2.24, 2.45) is 0 Å². The van der Waals surface area contributed by atoms with E-state index in [4.69, 9.17) is 10.7 Å². The zero-order chi connectivity index (χ0) is 21.8. The van der Waals surface area contributed by atoms with Crippen LogP contribution in [0.15, 0.2) is 42.7 Å². The summed E-state index contributed by atoms with van der Waals surface area (Å²) in [7, 11) is -3.24. The third-order valence-corrected chi connectivity index (χ3v) is 7.38. The number of aromatic nitrogens is 4. The zero-order valence-electron chi connectivity index (χ0n) is 17.5. The number of hydrogen-bond acceptors (Lipinski definition) is 6. The van der Waals surface area contributed by atoms with Crippen molar-refractivity contribution >= 4 is 32.4 Å². The molecule has 0 radical (unpaired) electrons. The standard InChI is InChI=1S/C22H24N6O2S/c1-14-20(16-7-5-9-27(13-16)31(2,29)30)26-22-18(12-25-28(22)21(14)23)17-10-15-6-3-4-8-19(15)24-11-17/h3-4,6,8,10-12,16H,5,7,9,13,23H2,1-2H3. The molecule has 1 atom stereocenters. The fourth-order valence-electron chi connectivity index (χ4n) is 4.40. The molecule has 1 aliphatic rings. The number of nitrogens with zero attached hydrogens (tertiary/aromatic N) is 5. The molecule has 160 valence electrons. The molecule has 0 bridgehead atoms. The van der Waals surface area contributed by atoms with E-state index in [1.165, 1.54) is 10.6 Å². The third kappa shape index (κ3) is 3.43. The lowest BCUT2D eigenvalue weighted by Crippen LogP contribution is -2.38. The van der Waals surface area contributed by atoms with E-state index in [1.54, 1.807) is 10.7 Å². The van der Waals surface area contributed by atoms with Gasteiger partial charge in [-0.2, -0.15) is 9.61 Å². The summed E-state index contributed by atoms with van der Waals surface area (Å²) < 4.78 is 27.4. The van der Waals surface area contributed by atoms with Crippen molar-refractivity contribution in [1.29, 1.82) is 0 Å². The van der Waals surface area contributed by atoms with Gasteiger partial charge >= 0.3 is 0 Å². The highest BCUT2D eigenvalue weighted by molar-refractivity contribution is 7.88. The van der Waals surface area contributed by atoms with E-state index in [9.17, 15) is 8.42 Å². The molecule has 8 nitrogen and oxygen atoms in total. The maximum absolute atomic E-state index is 12.1. The number of benzene rings is 1. The zero-order valence-corrected chi connectivity index (χ0v) is 18.3. The van der Waals surface area contributed by atoms with Crippen molar-refractivity contribution in [3.05, 3.63) is 54.0 Å². The van der Waals surface area contributed by atoms with Crippen molar-refractivity contribution in [2.45, 2.75) is 25.7 Å². The highest BCUT2D eigenvalue weighted by Crippen LogP contribution is 2.34. The third-order valence-electron chi connectivity index (χ3n) is 6.11. The molecular formula is C22H24N6O2S. The molecule has 3 aromatic heterocycles. The number of nitrogens with two attached hydrogens (primary N) is 1. The normalized spacial score (nSPS) is 18.1. The molecule has 1 saturated heterocycles. The van der Waals surface area contributed by atoms with Crippen LogP contribution in [-0.2, 0) is 10.0 Å². The SMILES string of the molecule is Cc1c(C2CCCN(S(C)(=O)=O)C2)nc2c(-c3cnc4ccccc4c3)cnn2c1N. The molecule has 0 amide bonds. The average molecular weight is 437 g/mol. The molecule has 9 heteroatoms. The first-order chi connectivity index (χ1) is 14.8. The molecule has 4 heterocycles. The Labute approximate surface area is 180 Å². The van der Waals surface area contributed by atoms with Gasteiger partial charge in [-0.05, 0) is 31.9 Å². The van der Waals surface area contributed by atoms with Crippen LogP contribution in [-0.4, -0.2) is 51.7 Å². The molecule has 1 aliphatic heterocycles. The minimum absolute atomic E-state index is 0.00625. The van der Waals surface area contributed by atoms with Gasteiger partial charge in [0.2, 0.25) is 10.0 Å². The molecular weight excluding hydrogens is 412 g/mol. The molecule has 1 unspecified atom stereocenters. The van der Waals surface area contributed by atoms with Gasteiger partial charge in [-0.25, -0.2) is 17.7 Å². The van der Waals surface area contributed by atoms with E-state index in [-0.39, 0.29) is 5.92 Å². The Morgan fingerprint density at radius 1 is 1.19 bits per heavy atom. The number of sulfonamides is 1. The topological polar surface area (TPSA) is 106 Å². The Hall–Kier alpha value is -3.04. The summed E-state index contributed by atoms with van der Waals surface area (Å²) in [6.07, 6.45) is 6.51. The minimum atomic E-state index is -3.24. The van der Waals surface area contributed by atoms with E-state index in [0.29, 0.717) is 24.6 Å². The first-order valence-electron chi connectivity index (χ1n) is 10.3. The van der Waals surface area contributed by atoms with Crippen LogP contribution in [0.2, 0.25) is 0 Å². The summed E-state index contributed by atoms with van der Waals surface area (Å²) in [5.74, 6) is 0.518. The fraction of sp³-hybridized carbons (Fsp3) is 0.318. The molecule has 0 saturated carbocycles. The van der Waals surface area contributed by atoms with Crippen LogP contribution in [0.3, 0.4) is 0 Å². The number of rotatable bonds is 3. The van der Waals surface area contributed by atoms with Crippen LogP contribution in [0.1, 0.15) is 30.0 Å². The molecule has 4 aromatic rings. The number of piperidine rings is 1. The predicted molar refractivity (Wildman–Crippen MR) is 121 cm³/mol. The van der Waals surface area contributed by atoms with E-state index < -0.39 is 10.0 Å². The summed E-state index contributed by atoms with van der Waals surface area (Å²) in [6, 6.07) is 10.0. The van der Waals surface area contributed by atoms with Gasteiger partial charge in [0.05, 0.1) is 23.7 Å². The van der Waals surface area contributed by atoms with Crippen molar-refractivity contribution in [2.75, 3.05) is 25.1 Å². The Bertz CT molecular complexity index is 1410. The fourth-order valence-corrected chi connectivity index (χ4v) is 5.31. The molecule has 2 N–H and O–H groups in total. The monoisotopic (exact) mass is 436 g/mol. The maximum Gasteiger partial charge on any atom is 0.211 e. The molecule has 1 fully saturated rings. The van der Waals surface area contributed by atoms with Crippen LogP contribution < -0.4 is 5.73 Å². The Morgan fingerprint density at radius 2 is 2.00 bits per heavy atom. The molecule has 0 aliphatic carbocycles. The first kappa shape index (κ1) is 19.9. The van der Waals surface area contributed by atoms with Gasteiger partial charge in [0.1, 0.15) is 5.82 Å². The van der Waals surface area contributed by atoms with Crippen molar-refractivity contribution in [3.63, 3.8) is 0 Å². The van der Waals surface area contributed by atoms with Crippen LogP contribution in [0.4, 0.5) is 5.82 Å². The van der Waals surface area contributed by atoms with Crippen LogP contribution >= 0.6 is 0 Å². The van der Waals surface area contributed by atoms with Gasteiger partial charge in [-0.3, -0.25) is 4.98 Å². The number of nitrogen functional groups attached to an aromatic ring is 1. The van der Waals surface area contributed by atoms with Gasteiger partial charge < -0.3 is 5.73 Å². The molecule has 0 spiro atoms. The summed E-state index contributed by atoms with van der Waals surface area (Å²) in [5.41, 5.74) is 11.5. The lowest BCUT2D eigenvalue weighted by Gasteiger charge is -2.31. The number of fused-ring (bicyclic) bond motifs is 2. The second-order valence-electron chi connectivity index (χ2n) is 8.18. The lowest BCUT2D eigenvalue weighted by molar-refractivity contribution is 0.314. The van der Waals surface area contributed by atoms with Crippen LogP contribution in [0.25, 0.3) is 27.7 Å². The van der Waals surface area contributed by atoms with Crippen molar-refractivity contribution < 1.29 is 8.42 Å². The van der Waals surface area contributed by atoms with Gasteiger partial charge in [-0.15, -0.1) is 0 Å². The molecule has 5 rings (SSSR count). The minimum Gasteiger partial charge on any atom is -0.383 e.